The van der Waals surface area contributed by atoms with E-state index in [1.807, 2.05) is 24.3 Å². The Labute approximate surface area is 150 Å². The number of hydrogen-bond acceptors (Lipinski definition) is 4. The Hall–Kier alpha value is -1.59. The Balaban J connectivity index is 3.34. The highest BCUT2D eigenvalue weighted by Gasteiger charge is 2.48. The first-order valence-corrected chi connectivity index (χ1v) is 8.51. The highest BCUT2D eigenvalue weighted by molar-refractivity contribution is 14.1. The summed E-state index contributed by atoms with van der Waals surface area (Å²) in [4.78, 5) is 25.2. The fourth-order valence-electron chi connectivity index (χ4n) is 2.22. The molecule has 1 aromatic carbocycles. The number of carbonyl (C=O) groups is 2. The van der Waals surface area contributed by atoms with E-state index in [2.05, 4.69) is 34.9 Å². The topological polar surface area (TPSA) is 52.6 Å². The minimum absolute atomic E-state index is 0.138. The molecule has 23 heavy (non-hydrogen) atoms. The molecule has 4 nitrogen and oxygen atoms in total. The van der Waals surface area contributed by atoms with Gasteiger partial charge in [-0.1, -0.05) is 24.8 Å². The van der Waals surface area contributed by atoms with Gasteiger partial charge >= 0.3 is 11.9 Å². The lowest BCUT2D eigenvalue weighted by atomic mass is 9.78. The molecule has 0 saturated carbocycles. The van der Waals surface area contributed by atoms with E-state index in [1.54, 1.807) is 19.9 Å². The average molecular weight is 428 g/mol. The van der Waals surface area contributed by atoms with Crippen LogP contribution in [0.25, 0.3) is 0 Å². The number of esters is 2. The predicted octanol–water partition coefficient (Wildman–Crippen LogP) is 3.68. The first-order chi connectivity index (χ1) is 11.0. The number of allylic oxidation sites excluding steroid dienone is 1. The van der Waals surface area contributed by atoms with Crippen LogP contribution in [0.2, 0.25) is 0 Å². The van der Waals surface area contributed by atoms with Gasteiger partial charge in [-0.2, -0.15) is 0 Å². The second-order valence-corrected chi connectivity index (χ2v) is 6.07. The zero-order valence-electron chi connectivity index (χ0n) is 13.4. The largest absolute Gasteiger partial charge is 0.465 e. The van der Waals surface area contributed by atoms with Crippen molar-refractivity contribution < 1.29 is 19.1 Å². The monoisotopic (exact) mass is 428 g/mol. The van der Waals surface area contributed by atoms with Crippen molar-refractivity contribution in [3.63, 3.8) is 0 Å². The number of halogens is 1. The summed E-state index contributed by atoms with van der Waals surface area (Å²) in [7, 11) is 0. The molecule has 0 aliphatic carbocycles. The maximum Gasteiger partial charge on any atom is 0.324 e. The van der Waals surface area contributed by atoms with Gasteiger partial charge in [0.25, 0.3) is 0 Å². The molecule has 0 unspecified atom stereocenters. The summed E-state index contributed by atoms with van der Waals surface area (Å²) in [6.45, 7) is 7.33. The average Bonchev–Trinajstić information content (AvgIpc) is 2.53. The first-order valence-electron chi connectivity index (χ1n) is 7.44. The standard InChI is InChI=1S/C18H21IO4/c1-4-7-12-18(16(20)22-5-2,17(21)23-6-3)13-14-10-8-9-11-15(14)19/h7-11H,1,5-6,12-13H2,2-3H3. The van der Waals surface area contributed by atoms with E-state index in [9.17, 15) is 9.59 Å². The molecular weight excluding hydrogens is 407 g/mol. The maximum atomic E-state index is 12.6. The molecule has 124 valence electrons. The van der Waals surface area contributed by atoms with Crippen LogP contribution in [0.15, 0.2) is 42.7 Å². The lowest BCUT2D eigenvalue weighted by Crippen LogP contribution is -2.44. The van der Waals surface area contributed by atoms with E-state index in [0.29, 0.717) is 0 Å². The number of benzene rings is 1. The van der Waals surface area contributed by atoms with Gasteiger partial charge in [-0.3, -0.25) is 9.59 Å². The molecule has 0 fully saturated rings. The fraction of sp³-hybridized carbons (Fsp3) is 0.389. The van der Waals surface area contributed by atoms with E-state index >= 15 is 0 Å². The summed E-state index contributed by atoms with van der Waals surface area (Å²) in [6.07, 6.45) is 1.92. The van der Waals surface area contributed by atoms with Gasteiger partial charge in [-0.25, -0.2) is 0 Å². The summed E-state index contributed by atoms with van der Waals surface area (Å²) in [6, 6.07) is 7.61. The van der Waals surface area contributed by atoms with Crippen LogP contribution < -0.4 is 0 Å². The lowest BCUT2D eigenvalue weighted by Gasteiger charge is -2.28. The van der Waals surface area contributed by atoms with E-state index in [0.717, 1.165) is 9.13 Å². The molecule has 0 atom stereocenters. The van der Waals surface area contributed by atoms with Gasteiger partial charge in [0, 0.05) is 9.99 Å². The van der Waals surface area contributed by atoms with E-state index < -0.39 is 17.4 Å². The normalized spacial score (nSPS) is 10.6. The molecule has 0 radical (unpaired) electrons. The maximum absolute atomic E-state index is 12.6. The van der Waals surface area contributed by atoms with Crippen molar-refractivity contribution in [2.45, 2.75) is 26.7 Å². The number of hydrogen-bond donors (Lipinski definition) is 0. The van der Waals surface area contributed by atoms with Crippen molar-refractivity contribution in [1.29, 1.82) is 0 Å². The molecule has 0 heterocycles. The minimum Gasteiger partial charge on any atom is -0.465 e. The third-order valence-electron chi connectivity index (χ3n) is 3.38. The van der Waals surface area contributed by atoms with Crippen molar-refractivity contribution in [3.05, 3.63) is 51.8 Å². The third-order valence-corrected chi connectivity index (χ3v) is 4.43. The van der Waals surface area contributed by atoms with Crippen LogP contribution in [0.1, 0.15) is 25.8 Å². The number of ether oxygens (including phenoxy) is 2. The Morgan fingerprint density at radius 2 is 1.78 bits per heavy atom. The van der Waals surface area contributed by atoms with Crippen LogP contribution in [0, 0.1) is 8.99 Å². The Kier molecular flexibility index (Phi) is 8.06. The second kappa shape index (κ2) is 9.53. The summed E-state index contributed by atoms with van der Waals surface area (Å²) in [5.74, 6) is -1.16. The molecule has 5 heteroatoms. The molecule has 0 spiro atoms. The van der Waals surface area contributed by atoms with Crippen molar-refractivity contribution in [3.8, 4) is 0 Å². The predicted molar refractivity (Wildman–Crippen MR) is 96.9 cm³/mol. The number of rotatable bonds is 8. The Morgan fingerprint density at radius 1 is 1.22 bits per heavy atom. The Morgan fingerprint density at radius 3 is 2.26 bits per heavy atom. The smallest absolute Gasteiger partial charge is 0.324 e. The van der Waals surface area contributed by atoms with Crippen LogP contribution in [0.4, 0.5) is 0 Å². The van der Waals surface area contributed by atoms with Gasteiger partial charge in [0.15, 0.2) is 5.41 Å². The molecule has 1 aromatic rings. The van der Waals surface area contributed by atoms with E-state index in [1.165, 1.54) is 0 Å². The molecular formula is C18H21IO4. The van der Waals surface area contributed by atoms with Crippen LogP contribution in [-0.4, -0.2) is 25.2 Å². The summed E-state index contributed by atoms with van der Waals surface area (Å²) < 4.78 is 11.3. The molecule has 0 aromatic heterocycles. The van der Waals surface area contributed by atoms with Gasteiger partial charge in [0.05, 0.1) is 13.2 Å². The fourth-order valence-corrected chi connectivity index (χ4v) is 2.80. The van der Waals surface area contributed by atoms with Crippen LogP contribution in [0.5, 0.6) is 0 Å². The van der Waals surface area contributed by atoms with Crippen LogP contribution >= 0.6 is 22.6 Å². The van der Waals surface area contributed by atoms with Crippen LogP contribution in [0.3, 0.4) is 0 Å². The van der Waals surface area contributed by atoms with Gasteiger partial charge in [-0.05, 0) is 60.6 Å². The molecule has 0 aliphatic rings. The van der Waals surface area contributed by atoms with Crippen molar-refractivity contribution >= 4 is 34.5 Å². The summed E-state index contributed by atoms with van der Waals surface area (Å²) >= 11 is 2.19. The molecule has 0 aliphatic heterocycles. The second-order valence-electron chi connectivity index (χ2n) is 4.90. The molecule has 0 saturated heterocycles. The van der Waals surface area contributed by atoms with Crippen LogP contribution in [-0.2, 0) is 25.5 Å². The zero-order valence-corrected chi connectivity index (χ0v) is 15.6. The van der Waals surface area contributed by atoms with E-state index in [4.69, 9.17) is 9.47 Å². The van der Waals surface area contributed by atoms with Crippen molar-refractivity contribution in [2.75, 3.05) is 13.2 Å². The van der Waals surface area contributed by atoms with E-state index in [-0.39, 0.29) is 26.1 Å². The highest BCUT2D eigenvalue weighted by Crippen LogP contribution is 2.33. The quantitative estimate of drug-likeness (QED) is 0.275. The summed E-state index contributed by atoms with van der Waals surface area (Å²) in [5.41, 5.74) is 2.10. The first kappa shape index (κ1) is 19.5. The van der Waals surface area contributed by atoms with Gasteiger partial charge in [-0.15, -0.1) is 5.73 Å². The molecule has 1 rings (SSSR count). The molecule has 0 bridgehead atoms. The zero-order chi connectivity index (χ0) is 17.3. The third kappa shape index (κ3) is 4.94. The van der Waals surface area contributed by atoms with Crippen molar-refractivity contribution in [2.24, 2.45) is 5.41 Å². The Bertz CT molecular complexity index is 585. The molecule has 0 N–H and O–H groups in total. The number of carbonyl (C=O) groups excluding carboxylic acids is 2. The SMILES string of the molecule is C=C=CCC(Cc1ccccc1I)(C(=O)OCC)C(=O)OCC. The van der Waals surface area contributed by atoms with Gasteiger partial charge in [0.1, 0.15) is 0 Å². The minimum atomic E-state index is -1.42. The van der Waals surface area contributed by atoms with Crippen molar-refractivity contribution in [1.82, 2.24) is 0 Å². The summed E-state index contributed by atoms with van der Waals surface area (Å²) in [5, 5.41) is 0. The lowest BCUT2D eigenvalue weighted by molar-refractivity contribution is -0.171. The molecule has 0 amide bonds. The highest BCUT2D eigenvalue weighted by atomic mass is 127. The van der Waals surface area contributed by atoms with Gasteiger partial charge < -0.3 is 9.47 Å². The van der Waals surface area contributed by atoms with Gasteiger partial charge in [0.2, 0.25) is 0 Å².